The first-order valence-electron chi connectivity index (χ1n) is 15.6. The number of ether oxygens (including phenoxy) is 2. The lowest BCUT2D eigenvalue weighted by molar-refractivity contribution is -0.133. The van der Waals surface area contributed by atoms with Gasteiger partial charge in [0.25, 0.3) is 0 Å². The van der Waals surface area contributed by atoms with Crippen molar-refractivity contribution in [2.24, 2.45) is 0 Å². The van der Waals surface area contributed by atoms with Gasteiger partial charge in [-0.1, -0.05) is 18.2 Å². The summed E-state index contributed by atoms with van der Waals surface area (Å²) in [6, 6.07) is 12.2. The van der Waals surface area contributed by atoms with E-state index in [1.54, 1.807) is 31.1 Å². The van der Waals surface area contributed by atoms with Crippen LogP contribution in [0.4, 0.5) is 0 Å². The number of aryl methyl sites for hydroxylation is 1. The van der Waals surface area contributed by atoms with Crippen molar-refractivity contribution in [3.05, 3.63) is 65.7 Å². The highest BCUT2D eigenvalue weighted by molar-refractivity contribution is 5.89. The molecular formula is C34H40N6O7. The number of hydrogen-bond acceptors (Lipinski definition) is 8. The first-order chi connectivity index (χ1) is 22.7. The molecule has 248 valence electrons. The van der Waals surface area contributed by atoms with Crippen molar-refractivity contribution in [3.8, 4) is 23.0 Å². The van der Waals surface area contributed by atoms with Crippen molar-refractivity contribution in [1.29, 1.82) is 0 Å². The third kappa shape index (κ3) is 8.48. The zero-order valence-electron chi connectivity index (χ0n) is 26.8. The molecule has 2 aliphatic heterocycles. The van der Waals surface area contributed by atoms with Crippen LogP contribution in [0.15, 0.2) is 53.1 Å². The maximum Gasteiger partial charge on any atom is 0.243 e. The summed E-state index contributed by atoms with van der Waals surface area (Å²) in [5, 5.41) is 9.34. The Bertz CT molecular complexity index is 1750. The van der Waals surface area contributed by atoms with Gasteiger partial charge in [-0.15, -0.1) is 0 Å². The fraction of sp³-hybridized carbons (Fsp3) is 0.382. The molecule has 4 N–H and O–H groups in total. The van der Waals surface area contributed by atoms with Crippen molar-refractivity contribution in [3.63, 3.8) is 0 Å². The van der Waals surface area contributed by atoms with Crippen molar-refractivity contribution in [1.82, 2.24) is 30.8 Å². The van der Waals surface area contributed by atoms with Crippen LogP contribution in [0.2, 0.25) is 0 Å². The summed E-state index contributed by atoms with van der Waals surface area (Å²) < 4.78 is 17.5. The number of H-pyrrole nitrogens is 1. The Labute approximate surface area is 272 Å². The third-order valence-corrected chi connectivity index (χ3v) is 7.99. The minimum absolute atomic E-state index is 0.0904. The lowest BCUT2D eigenvalue weighted by Gasteiger charge is -2.23. The highest BCUT2D eigenvalue weighted by Gasteiger charge is 2.24. The Morgan fingerprint density at radius 1 is 1.13 bits per heavy atom. The van der Waals surface area contributed by atoms with E-state index in [9.17, 15) is 19.2 Å². The molecule has 0 fully saturated rings. The van der Waals surface area contributed by atoms with Gasteiger partial charge in [0.1, 0.15) is 17.5 Å². The van der Waals surface area contributed by atoms with E-state index >= 15 is 0 Å². The number of rotatable bonds is 5. The van der Waals surface area contributed by atoms with Crippen molar-refractivity contribution in [2.75, 3.05) is 33.4 Å². The Kier molecular flexibility index (Phi) is 10.8. The molecule has 0 radical (unpaired) electrons. The number of para-hydroxylation sites is 1. The van der Waals surface area contributed by atoms with Crippen LogP contribution in [0.5, 0.6) is 11.5 Å². The summed E-state index contributed by atoms with van der Waals surface area (Å²) in [6.45, 7) is 4.01. The molecule has 47 heavy (non-hydrogen) atoms. The maximum atomic E-state index is 13.6. The number of hydrogen-bond donors (Lipinski definition) is 4. The van der Waals surface area contributed by atoms with Gasteiger partial charge in [-0.05, 0) is 49.6 Å². The second kappa shape index (κ2) is 15.3. The predicted molar refractivity (Wildman–Crippen MR) is 174 cm³/mol. The zero-order valence-corrected chi connectivity index (χ0v) is 26.8. The standard InChI is InChI=1S/C34H40N6O7/c1-21-28-19-37-33(44)27(16-24-18-36-26-9-5-4-8-25(24)26)38-31(42)10-6-13-40(32(43)20-35-22(2)41)14-7-15-46-29-12-11-23(17-30(29)45-3)34(39-28)47-21/h4-5,8-9,11-12,17-18,27,36H,6-7,10,13-16,19-20H2,1-3H3,(H,35,41)(H,37,44)(H,38,42)/t27-/m0/s1. The van der Waals surface area contributed by atoms with Crippen LogP contribution in [0, 0.1) is 6.92 Å². The van der Waals surface area contributed by atoms with E-state index in [1.165, 1.54) is 6.92 Å². The number of aromatic amines is 1. The minimum atomic E-state index is -0.867. The van der Waals surface area contributed by atoms with Crippen molar-refractivity contribution >= 4 is 34.5 Å². The fourth-order valence-electron chi connectivity index (χ4n) is 5.47. The van der Waals surface area contributed by atoms with Crippen molar-refractivity contribution < 1.29 is 33.1 Å². The first-order valence-corrected chi connectivity index (χ1v) is 15.6. The molecule has 0 aliphatic carbocycles. The van der Waals surface area contributed by atoms with Crippen LogP contribution >= 0.6 is 0 Å². The predicted octanol–water partition coefficient (Wildman–Crippen LogP) is 3.01. The van der Waals surface area contributed by atoms with Gasteiger partial charge in [0, 0.05) is 55.5 Å². The SMILES string of the molecule is COc1cc2ccc1OCCCN(C(=O)CNC(C)=O)CCCC(=O)N[C@@H](Cc1c[nH]c3ccccc13)C(=O)NCc1nc-2oc1C. The van der Waals surface area contributed by atoms with E-state index in [2.05, 4.69) is 25.9 Å². The van der Waals surface area contributed by atoms with Crippen LogP contribution in [0.3, 0.4) is 0 Å². The number of fused-ring (bicyclic) bond motifs is 16. The molecule has 0 unspecified atom stereocenters. The molecule has 0 saturated carbocycles. The van der Waals surface area contributed by atoms with Gasteiger partial charge in [-0.3, -0.25) is 19.2 Å². The topological polar surface area (TPSA) is 168 Å². The van der Waals surface area contributed by atoms with Crippen LogP contribution in [0.1, 0.15) is 43.2 Å². The van der Waals surface area contributed by atoms with Gasteiger partial charge in [0.15, 0.2) is 11.5 Å². The van der Waals surface area contributed by atoms with Crippen LogP contribution < -0.4 is 25.4 Å². The maximum absolute atomic E-state index is 13.6. The number of nitrogens with one attached hydrogen (secondary N) is 4. The highest BCUT2D eigenvalue weighted by Crippen LogP contribution is 2.33. The summed E-state index contributed by atoms with van der Waals surface area (Å²) in [5.74, 6) is 0.662. The second-order valence-electron chi connectivity index (χ2n) is 11.4. The lowest BCUT2D eigenvalue weighted by Crippen LogP contribution is -2.48. The molecule has 2 aromatic heterocycles. The average molecular weight is 645 g/mol. The number of aromatic nitrogens is 2. The fourth-order valence-corrected chi connectivity index (χ4v) is 5.47. The summed E-state index contributed by atoms with van der Waals surface area (Å²) in [4.78, 5) is 60.6. The molecule has 4 aromatic rings. The van der Waals surface area contributed by atoms with Crippen LogP contribution in [-0.2, 0) is 32.1 Å². The zero-order chi connectivity index (χ0) is 33.3. The van der Waals surface area contributed by atoms with Gasteiger partial charge >= 0.3 is 0 Å². The molecule has 0 saturated heterocycles. The Morgan fingerprint density at radius 2 is 1.94 bits per heavy atom. The van der Waals surface area contributed by atoms with E-state index < -0.39 is 6.04 Å². The number of carbonyl (C=O) groups is 4. The van der Waals surface area contributed by atoms with Gasteiger partial charge in [0.2, 0.25) is 29.5 Å². The number of amides is 4. The number of oxazole rings is 1. The minimum Gasteiger partial charge on any atom is -0.493 e. The quantitative estimate of drug-likeness (QED) is 0.257. The monoisotopic (exact) mass is 644 g/mol. The smallest absolute Gasteiger partial charge is 0.243 e. The molecule has 4 bridgehead atoms. The van der Waals surface area contributed by atoms with Gasteiger partial charge in [-0.2, -0.15) is 0 Å². The summed E-state index contributed by atoms with van der Waals surface area (Å²) in [5.41, 5.74) is 3.04. The first kappa shape index (κ1) is 33.0. The number of benzene rings is 2. The van der Waals surface area contributed by atoms with Gasteiger partial charge < -0.3 is 39.7 Å². The molecule has 13 nitrogen and oxygen atoms in total. The Morgan fingerprint density at radius 3 is 2.74 bits per heavy atom. The molecule has 2 aliphatic rings. The molecular weight excluding hydrogens is 604 g/mol. The summed E-state index contributed by atoms with van der Waals surface area (Å²) in [7, 11) is 1.54. The largest absolute Gasteiger partial charge is 0.493 e. The van der Waals surface area contributed by atoms with E-state index in [0.29, 0.717) is 60.4 Å². The van der Waals surface area contributed by atoms with Gasteiger partial charge in [0.05, 0.1) is 26.8 Å². The molecule has 6 rings (SSSR count). The molecule has 4 amide bonds. The number of nitrogens with zero attached hydrogens (tertiary/aromatic N) is 2. The van der Waals surface area contributed by atoms with Gasteiger partial charge in [-0.25, -0.2) is 4.98 Å². The van der Waals surface area contributed by atoms with Crippen LogP contribution in [0.25, 0.3) is 22.4 Å². The summed E-state index contributed by atoms with van der Waals surface area (Å²) in [6.07, 6.45) is 3.05. The van der Waals surface area contributed by atoms with E-state index in [1.807, 2.05) is 36.5 Å². The Balaban J connectivity index is 1.40. The number of methoxy groups -OCH3 is 1. The second-order valence-corrected chi connectivity index (χ2v) is 11.4. The third-order valence-electron chi connectivity index (χ3n) is 7.99. The molecule has 4 heterocycles. The molecule has 1 atom stereocenters. The van der Waals surface area contributed by atoms with E-state index in [-0.39, 0.29) is 56.1 Å². The molecule has 0 spiro atoms. The lowest BCUT2D eigenvalue weighted by atomic mass is 10.0. The molecule has 13 heteroatoms. The normalized spacial score (nSPS) is 16.5. The van der Waals surface area contributed by atoms with Crippen molar-refractivity contribution in [2.45, 2.75) is 52.1 Å². The average Bonchev–Trinajstić information content (AvgIpc) is 3.65. The highest BCUT2D eigenvalue weighted by atomic mass is 16.5. The summed E-state index contributed by atoms with van der Waals surface area (Å²) >= 11 is 0. The van der Waals surface area contributed by atoms with Crippen LogP contribution in [-0.4, -0.2) is 77.9 Å². The van der Waals surface area contributed by atoms with E-state index in [0.717, 1.165) is 16.5 Å². The molecule has 2 aromatic carbocycles. The van der Waals surface area contributed by atoms with E-state index in [4.69, 9.17) is 13.9 Å². The number of carbonyl (C=O) groups excluding carboxylic acids is 4. The Hall–Kier alpha value is -5.33.